The van der Waals surface area contributed by atoms with Crippen molar-refractivity contribution < 1.29 is 13.2 Å². The van der Waals surface area contributed by atoms with Crippen LogP contribution in [-0.4, -0.2) is 40.8 Å². The van der Waals surface area contributed by atoms with Crippen molar-refractivity contribution in [3.63, 3.8) is 0 Å². The molecule has 0 amide bonds. The summed E-state index contributed by atoms with van der Waals surface area (Å²) in [6.07, 6.45) is -0.138. The van der Waals surface area contributed by atoms with Crippen LogP contribution in [0.1, 0.15) is 0 Å². The van der Waals surface area contributed by atoms with Crippen LogP contribution in [0.25, 0.3) is 0 Å². The molecule has 2 N–H and O–H groups in total. The molecule has 18 heavy (non-hydrogen) atoms. The number of rotatable bonds is 4. The second-order valence-electron chi connectivity index (χ2n) is 3.85. The van der Waals surface area contributed by atoms with E-state index in [0.29, 0.717) is 16.9 Å². The highest BCUT2D eigenvalue weighted by Gasteiger charge is 2.32. The van der Waals surface area contributed by atoms with E-state index in [1.807, 2.05) is 0 Å². The van der Waals surface area contributed by atoms with Crippen LogP contribution in [0.2, 0.25) is 0 Å². The van der Waals surface area contributed by atoms with E-state index in [2.05, 4.69) is 41.9 Å². The highest BCUT2D eigenvalue weighted by Crippen LogP contribution is 2.34. The number of hydrogen-bond acceptors (Lipinski definition) is 5. The quantitative estimate of drug-likeness (QED) is 0.776. The number of hydrogen-bond donors (Lipinski definition) is 2. The summed E-state index contributed by atoms with van der Waals surface area (Å²) in [5, 5.41) is 3.10. The molecule has 2 rings (SSSR count). The van der Waals surface area contributed by atoms with Crippen molar-refractivity contribution in [2.24, 2.45) is 0 Å². The molecule has 0 spiro atoms. The van der Waals surface area contributed by atoms with Crippen LogP contribution < -0.4 is 10.0 Å². The average Bonchev–Trinajstić information content (AvgIpc) is 2.84. The molecular formula is C9H12Br2N2O3S2. The van der Waals surface area contributed by atoms with E-state index in [1.165, 1.54) is 11.3 Å². The van der Waals surface area contributed by atoms with Crippen molar-refractivity contribution in [1.82, 2.24) is 10.0 Å². The first kappa shape index (κ1) is 14.9. The highest BCUT2D eigenvalue weighted by molar-refractivity contribution is 9.12. The molecule has 2 atom stereocenters. The van der Waals surface area contributed by atoms with Gasteiger partial charge in [0, 0.05) is 20.2 Å². The summed E-state index contributed by atoms with van der Waals surface area (Å²) in [5.74, 6) is 0. The second-order valence-corrected chi connectivity index (χ2v) is 9.28. The Hall–Kier alpha value is 0.490. The standard InChI is InChI=1S/C9H12Br2N2O3S2/c1-16-6-4-12-3-5(6)13-18(14,15)7-2-8(10)17-9(7)11/h2,5-6,12-13H,3-4H2,1H3/t5?,6-/m0/s1. The van der Waals surface area contributed by atoms with Crippen LogP contribution >= 0.6 is 43.2 Å². The Balaban J connectivity index is 2.19. The number of thiophene rings is 1. The molecule has 0 radical (unpaired) electrons. The van der Waals surface area contributed by atoms with Gasteiger partial charge < -0.3 is 10.1 Å². The summed E-state index contributed by atoms with van der Waals surface area (Å²) < 4.78 is 33.7. The zero-order valence-electron chi connectivity index (χ0n) is 9.44. The molecule has 102 valence electrons. The normalized spacial score (nSPS) is 24.6. The Morgan fingerprint density at radius 3 is 2.78 bits per heavy atom. The van der Waals surface area contributed by atoms with Gasteiger partial charge in [-0.05, 0) is 37.9 Å². The Morgan fingerprint density at radius 1 is 1.50 bits per heavy atom. The lowest BCUT2D eigenvalue weighted by molar-refractivity contribution is 0.103. The molecule has 0 aromatic carbocycles. The summed E-state index contributed by atoms with van der Waals surface area (Å²) in [6.45, 7) is 1.22. The smallest absolute Gasteiger partial charge is 0.242 e. The van der Waals surface area contributed by atoms with Crippen LogP contribution in [-0.2, 0) is 14.8 Å². The summed E-state index contributed by atoms with van der Waals surface area (Å²) in [4.78, 5) is 0.251. The molecule has 1 fully saturated rings. The zero-order valence-corrected chi connectivity index (χ0v) is 14.2. The molecule has 1 aliphatic rings. The maximum atomic E-state index is 12.2. The third-order valence-electron chi connectivity index (χ3n) is 2.68. The van der Waals surface area contributed by atoms with Gasteiger partial charge >= 0.3 is 0 Å². The van der Waals surface area contributed by atoms with Gasteiger partial charge in [-0.3, -0.25) is 0 Å². The molecule has 9 heteroatoms. The lowest BCUT2D eigenvalue weighted by Crippen LogP contribution is -2.43. The van der Waals surface area contributed by atoms with Crippen molar-refractivity contribution in [2.75, 3.05) is 20.2 Å². The van der Waals surface area contributed by atoms with Crippen molar-refractivity contribution in [2.45, 2.75) is 17.0 Å². The first-order chi connectivity index (χ1) is 8.44. The number of sulfonamides is 1. The maximum absolute atomic E-state index is 12.2. The lowest BCUT2D eigenvalue weighted by atomic mass is 10.2. The fourth-order valence-electron chi connectivity index (χ4n) is 1.79. The van der Waals surface area contributed by atoms with Crippen molar-refractivity contribution in [3.05, 3.63) is 13.6 Å². The number of nitrogens with one attached hydrogen (secondary N) is 2. The fraction of sp³-hybridized carbons (Fsp3) is 0.556. The summed E-state index contributed by atoms with van der Waals surface area (Å²) in [6, 6.07) is 1.34. The Morgan fingerprint density at radius 2 is 2.22 bits per heavy atom. The summed E-state index contributed by atoms with van der Waals surface area (Å²) >= 11 is 7.86. The number of ether oxygens (including phenoxy) is 1. The Kier molecular flexibility index (Phi) is 4.85. The minimum Gasteiger partial charge on any atom is -0.378 e. The third kappa shape index (κ3) is 3.14. The minimum absolute atomic E-state index is 0.138. The van der Waals surface area contributed by atoms with Crippen LogP contribution in [0, 0.1) is 0 Å². The maximum Gasteiger partial charge on any atom is 0.242 e. The molecular weight excluding hydrogens is 408 g/mol. The van der Waals surface area contributed by atoms with Crippen LogP contribution in [0.4, 0.5) is 0 Å². The van der Waals surface area contributed by atoms with E-state index < -0.39 is 10.0 Å². The molecule has 1 saturated heterocycles. The Labute approximate surface area is 127 Å². The van der Waals surface area contributed by atoms with E-state index in [1.54, 1.807) is 13.2 Å². The average molecular weight is 420 g/mol. The van der Waals surface area contributed by atoms with E-state index in [4.69, 9.17) is 4.74 Å². The predicted octanol–water partition coefficient (Wildman–Crippen LogP) is 1.54. The molecule has 0 saturated carbocycles. The van der Waals surface area contributed by atoms with E-state index in [-0.39, 0.29) is 17.0 Å². The molecule has 1 unspecified atom stereocenters. The topological polar surface area (TPSA) is 67.4 Å². The van der Waals surface area contributed by atoms with E-state index >= 15 is 0 Å². The molecule has 0 aliphatic carbocycles. The Bertz CT molecular complexity index is 532. The zero-order chi connectivity index (χ0) is 13.3. The van der Waals surface area contributed by atoms with Gasteiger partial charge in [0.15, 0.2) is 0 Å². The summed E-state index contributed by atoms with van der Waals surface area (Å²) in [5.41, 5.74) is 0. The SMILES string of the molecule is CO[C@H]1CNCC1NS(=O)(=O)c1cc(Br)sc1Br. The van der Waals surface area contributed by atoms with Gasteiger partial charge in [0.25, 0.3) is 0 Å². The van der Waals surface area contributed by atoms with Crippen LogP contribution in [0.5, 0.6) is 0 Å². The molecule has 1 aliphatic heterocycles. The van der Waals surface area contributed by atoms with Crippen LogP contribution in [0.15, 0.2) is 18.5 Å². The van der Waals surface area contributed by atoms with Crippen LogP contribution in [0.3, 0.4) is 0 Å². The molecule has 0 bridgehead atoms. The van der Waals surface area contributed by atoms with Gasteiger partial charge in [-0.2, -0.15) is 0 Å². The lowest BCUT2D eigenvalue weighted by Gasteiger charge is -2.18. The van der Waals surface area contributed by atoms with Gasteiger partial charge in [-0.15, -0.1) is 11.3 Å². The fourth-order valence-corrected chi connectivity index (χ4v) is 6.87. The minimum atomic E-state index is -3.53. The molecule has 5 nitrogen and oxygen atoms in total. The molecule has 1 aromatic heterocycles. The summed E-state index contributed by atoms with van der Waals surface area (Å²) in [7, 11) is -1.95. The molecule has 1 aromatic rings. The highest BCUT2D eigenvalue weighted by atomic mass is 79.9. The predicted molar refractivity (Wildman–Crippen MR) is 77.5 cm³/mol. The largest absolute Gasteiger partial charge is 0.378 e. The monoisotopic (exact) mass is 418 g/mol. The van der Waals surface area contributed by atoms with E-state index in [0.717, 1.165) is 3.79 Å². The van der Waals surface area contributed by atoms with Crippen molar-refractivity contribution in [3.8, 4) is 0 Å². The number of methoxy groups -OCH3 is 1. The van der Waals surface area contributed by atoms with Gasteiger partial charge in [0.1, 0.15) is 4.90 Å². The molecule has 2 heterocycles. The van der Waals surface area contributed by atoms with Gasteiger partial charge in [-0.25, -0.2) is 13.1 Å². The van der Waals surface area contributed by atoms with E-state index in [9.17, 15) is 8.42 Å². The van der Waals surface area contributed by atoms with Crippen molar-refractivity contribution in [1.29, 1.82) is 0 Å². The van der Waals surface area contributed by atoms with Gasteiger partial charge in [0.2, 0.25) is 10.0 Å². The second kappa shape index (κ2) is 5.86. The van der Waals surface area contributed by atoms with Gasteiger partial charge in [0.05, 0.1) is 19.7 Å². The number of halogens is 2. The van der Waals surface area contributed by atoms with Crippen molar-refractivity contribution >= 4 is 53.2 Å². The first-order valence-electron chi connectivity index (χ1n) is 5.14. The first-order valence-corrected chi connectivity index (χ1v) is 9.03. The third-order valence-corrected chi connectivity index (χ3v) is 6.93. The van der Waals surface area contributed by atoms with Gasteiger partial charge in [-0.1, -0.05) is 0 Å².